The van der Waals surface area contributed by atoms with E-state index >= 15 is 0 Å². The van der Waals surface area contributed by atoms with Gasteiger partial charge in [0.05, 0.1) is 13.2 Å². The molecule has 2 N–H and O–H groups in total. The standard InChI is InChI=1S/C24H27N3O4/c1-15(18-13-19(22(25)29)23(31-3)26-14-18)16(2)21(28)24(30)27-12-8-7-11-20(27)17-9-5-4-6-10-17/h4-6,9-10,13-14,16,20H,1,7-8,11-12H2,2-3H3,(H2,25,29). The highest BCUT2D eigenvalue weighted by Gasteiger charge is 2.34. The number of primary amides is 1. The van der Waals surface area contributed by atoms with Crippen LogP contribution in [0.15, 0.2) is 49.2 Å². The van der Waals surface area contributed by atoms with Crippen molar-refractivity contribution in [1.82, 2.24) is 9.88 Å². The number of ether oxygens (including phenoxy) is 1. The summed E-state index contributed by atoms with van der Waals surface area (Å²) >= 11 is 0. The summed E-state index contributed by atoms with van der Waals surface area (Å²) in [5, 5.41) is 0. The maximum Gasteiger partial charge on any atom is 0.291 e. The van der Waals surface area contributed by atoms with Gasteiger partial charge in [0, 0.05) is 18.7 Å². The van der Waals surface area contributed by atoms with Gasteiger partial charge in [-0.25, -0.2) is 4.98 Å². The van der Waals surface area contributed by atoms with Gasteiger partial charge in [0.2, 0.25) is 11.7 Å². The third-order valence-corrected chi connectivity index (χ3v) is 5.76. The first kappa shape index (κ1) is 22.2. The Balaban J connectivity index is 1.81. The lowest BCUT2D eigenvalue weighted by atomic mass is 9.89. The van der Waals surface area contributed by atoms with Crippen LogP contribution in [0, 0.1) is 5.92 Å². The number of allylic oxidation sites excluding steroid dienone is 1. The van der Waals surface area contributed by atoms with Crippen LogP contribution < -0.4 is 10.5 Å². The normalized spacial score (nSPS) is 17.0. The minimum Gasteiger partial charge on any atom is -0.480 e. The fourth-order valence-corrected chi connectivity index (χ4v) is 3.90. The topological polar surface area (TPSA) is 103 Å². The van der Waals surface area contributed by atoms with Gasteiger partial charge in [-0.1, -0.05) is 43.8 Å². The van der Waals surface area contributed by atoms with Crippen molar-refractivity contribution >= 4 is 23.2 Å². The summed E-state index contributed by atoms with van der Waals surface area (Å²) in [7, 11) is 1.38. The molecule has 1 fully saturated rings. The number of pyridine rings is 1. The first-order valence-electron chi connectivity index (χ1n) is 10.3. The summed E-state index contributed by atoms with van der Waals surface area (Å²) in [5.41, 5.74) is 7.37. The Bertz CT molecular complexity index is 1000. The maximum absolute atomic E-state index is 13.2. The number of likely N-dealkylation sites (tertiary alicyclic amines) is 1. The van der Waals surface area contributed by atoms with Crippen LogP contribution in [0.25, 0.3) is 5.57 Å². The molecule has 0 saturated carbocycles. The predicted molar refractivity (Wildman–Crippen MR) is 117 cm³/mol. The molecule has 2 amide bonds. The second-order valence-electron chi connectivity index (χ2n) is 7.68. The molecule has 1 aliphatic rings. The van der Waals surface area contributed by atoms with Crippen LogP contribution in [-0.4, -0.2) is 41.1 Å². The molecule has 2 heterocycles. The minimum atomic E-state index is -0.776. The summed E-state index contributed by atoms with van der Waals surface area (Å²) < 4.78 is 5.05. The number of hydrogen-bond donors (Lipinski definition) is 1. The second kappa shape index (κ2) is 9.55. The number of ketones is 1. The number of benzene rings is 1. The number of Topliss-reactive ketones (excluding diaryl/α,β-unsaturated/α-hetero) is 1. The van der Waals surface area contributed by atoms with E-state index < -0.39 is 23.5 Å². The minimum absolute atomic E-state index is 0.0901. The molecule has 0 bridgehead atoms. The van der Waals surface area contributed by atoms with Gasteiger partial charge in [0.1, 0.15) is 5.56 Å². The zero-order chi connectivity index (χ0) is 22.5. The Morgan fingerprint density at radius 1 is 1.23 bits per heavy atom. The van der Waals surface area contributed by atoms with E-state index in [1.54, 1.807) is 11.8 Å². The molecule has 1 aliphatic heterocycles. The van der Waals surface area contributed by atoms with Crippen molar-refractivity contribution in [2.45, 2.75) is 32.2 Å². The summed E-state index contributed by atoms with van der Waals surface area (Å²) in [5.74, 6) is -2.43. The van der Waals surface area contributed by atoms with Crippen molar-refractivity contribution in [2.24, 2.45) is 11.7 Å². The number of hydrogen-bond acceptors (Lipinski definition) is 5. The number of rotatable bonds is 7. The Labute approximate surface area is 181 Å². The zero-order valence-corrected chi connectivity index (χ0v) is 17.8. The molecule has 0 spiro atoms. The molecule has 2 aromatic rings. The van der Waals surface area contributed by atoms with E-state index in [1.165, 1.54) is 19.4 Å². The van der Waals surface area contributed by atoms with Crippen LogP contribution in [0.4, 0.5) is 0 Å². The Morgan fingerprint density at radius 3 is 2.58 bits per heavy atom. The van der Waals surface area contributed by atoms with Gasteiger partial charge >= 0.3 is 0 Å². The zero-order valence-electron chi connectivity index (χ0n) is 17.8. The molecule has 7 heteroatoms. The van der Waals surface area contributed by atoms with Gasteiger partial charge in [-0.3, -0.25) is 14.4 Å². The van der Waals surface area contributed by atoms with Crippen molar-refractivity contribution < 1.29 is 19.1 Å². The molecule has 162 valence electrons. The largest absolute Gasteiger partial charge is 0.480 e. The van der Waals surface area contributed by atoms with Crippen molar-refractivity contribution in [3.8, 4) is 5.88 Å². The van der Waals surface area contributed by atoms with Crippen LogP contribution in [0.1, 0.15) is 53.7 Å². The van der Waals surface area contributed by atoms with Crippen LogP contribution in [0.3, 0.4) is 0 Å². The summed E-state index contributed by atoms with van der Waals surface area (Å²) in [6, 6.07) is 11.1. The molecule has 2 atom stereocenters. The molecule has 7 nitrogen and oxygen atoms in total. The second-order valence-corrected chi connectivity index (χ2v) is 7.68. The lowest BCUT2D eigenvalue weighted by molar-refractivity contribution is -0.148. The quantitative estimate of drug-likeness (QED) is 0.692. The van der Waals surface area contributed by atoms with E-state index in [-0.39, 0.29) is 17.5 Å². The third-order valence-electron chi connectivity index (χ3n) is 5.76. The highest BCUT2D eigenvalue weighted by atomic mass is 16.5. The molecule has 0 radical (unpaired) electrons. The van der Waals surface area contributed by atoms with E-state index in [4.69, 9.17) is 10.5 Å². The molecule has 1 aromatic heterocycles. The average Bonchev–Trinajstić information content (AvgIpc) is 2.82. The fourth-order valence-electron chi connectivity index (χ4n) is 3.90. The van der Waals surface area contributed by atoms with Crippen molar-refractivity contribution in [1.29, 1.82) is 0 Å². The molecule has 3 rings (SSSR count). The number of amides is 2. The van der Waals surface area contributed by atoms with E-state index in [1.807, 2.05) is 30.3 Å². The third kappa shape index (κ3) is 4.66. The van der Waals surface area contributed by atoms with E-state index in [0.29, 0.717) is 17.7 Å². The van der Waals surface area contributed by atoms with Crippen molar-refractivity contribution in [3.05, 3.63) is 65.9 Å². The van der Waals surface area contributed by atoms with Gasteiger partial charge in [0.15, 0.2) is 0 Å². The molecule has 1 saturated heterocycles. The Kier molecular flexibility index (Phi) is 6.84. The molecular formula is C24H27N3O4. The van der Waals surface area contributed by atoms with Gasteiger partial charge in [-0.15, -0.1) is 0 Å². The first-order chi connectivity index (χ1) is 14.8. The number of nitrogens with zero attached hydrogens (tertiary/aromatic N) is 2. The van der Waals surface area contributed by atoms with Crippen molar-refractivity contribution in [3.63, 3.8) is 0 Å². The number of carbonyl (C=O) groups is 3. The van der Waals surface area contributed by atoms with Gasteiger partial charge in [-0.05, 0) is 42.0 Å². The lowest BCUT2D eigenvalue weighted by Crippen LogP contribution is -2.44. The van der Waals surface area contributed by atoms with Crippen LogP contribution in [0.2, 0.25) is 0 Å². The van der Waals surface area contributed by atoms with Crippen LogP contribution in [-0.2, 0) is 9.59 Å². The van der Waals surface area contributed by atoms with E-state index in [0.717, 1.165) is 24.8 Å². The number of carbonyl (C=O) groups excluding carboxylic acids is 3. The Hall–Kier alpha value is -3.48. The monoisotopic (exact) mass is 421 g/mol. The molecule has 31 heavy (non-hydrogen) atoms. The molecule has 0 aliphatic carbocycles. The number of nitrogens with two attached hydrogens (primary N) is 1. The smallest absolute Gasteiger partial charge is 0.291 e. The van der Waals surface area contributed by atoms with Gasteiger partial charge < -0.3 is 15.4 Å². The first-order valence-corrected chi connectivity index (χ1v) is 10.3. The van der Waals surface area contributed by atoms with Crippen LogP contribution in [0.5, 0.6) is 5.88 Å². The SMILES string of the molecule is C=C(c1cnc(OC)c(C(N)=O)c1)C(C)C(=O)C(=O)N1CCCCC1c1ccccc1. The molecular weight excluding hydrogens is 394 g/mol. The number of methoxy groups -OCH3 is 1. The van der Waals surface area contributed by atoms with E-state index in [2.05, 4.69) is 11.6 Å². The van der Waals surface area contributed by atoms with Crippen molar-refractivity contribution in [2.75, 3.05) is 13.7 Å². The summed E-state index contributed by atoms with van der Waals surface area (Å²) in [6.45, 7) is 6.16. The number of aromatic nitrogens is 1. The lowest BCUT2D eigenvalue weighted by Gasteiger charge is -2.36. The van der Waals surface area contributed by atoms with Crippen LogP contribution >= 0.6 is 0 Å². The number of piperidine rings is 1. The summed E-state index contributed by atoms with van der Waals surface area (Å²) in [6.07, 6.45) is 4.15. The fraction of sp³-hybridized carbons (Fsp3) is 0.333. The average molecular weight is 421 g/mol. The Morgan fingerprint density at radius 2 is 1.94 bits per heavy atom. The molecule has 1 aromatic carbocycles. The maximum atomic E-state index is 13.2. The summed E-state index contributed by atoms with van der Waals surface area (Å²) in [4.78, 5) is 43.7. The highest BCUT2D eigenvalue weighted by molar-refractivity contribution is 6.38. The van der Waals surface area contributed by atoms with Gasteiger partial charge in [0.25, 0.3) is 11.8 Å². The molecule has 2 unspecified atom stereocenters. The van der Waals surface area contributed by atoms with E-state index in [9.17, 15) is 14.4 Å². The van der Waals surface area contributed by atoms with Gasteiger partial charge in [-0.2, -0.15) is 0 Å². The highest BCUT2D eigenvalue weighted by Crippen LogP contribution is 2.32. The predicted octanol–water partition coefficient (Wildman–Crippen LogP) is 3.16.